The van der Waals surface area contributed by atoms with Crippen LogP contribution >= 0.6 is 27.5 Å². The van der Waals surface area contributed by atoms with Crippen molar-refractivity contribution in [3.05, 3.63) is 93.9 Å². The van der Waals surface area contributed by atoms with Gasteiger partial charge in [-0.25, -0.2) is 8.42 Å². The van der Waals surface area contributed by atoms with E-state index in [1.54, 1.807) is 60.7 Å². The molecule has 7 nitrogen and oxygen atoms in total. The first-order valence-electron chi connectivity index (χ1n) is 13.4. The Bertz CT molecular complexity index is 1410. The second kappa shape index (κ2) is 13.7. The molecule has 1 unspecified atom stereocenters. The van der Waals surface area contributed by atoms with Crippen molar-refractivity contribution >= 4 is 55.1 Å². The smallest absolute Gasteiger partial charge is 0.264 e. The summed E-state index contributed by atoms with van der Waals surface area (Å²) in [5.74, 6) is -0.744. The molecule has 0 aromatic heterocycles. The third-order valence-corrected chi connectivity index (χ3v) is 9.80. The fraction of sp³-hybridized carbons (Fsp3) is 0.333. The normalized spacial score (nSPS) is 14.5. The number of benzene rings is 3. The maximum absolute atomic E-state index is 14.1. The van der Waals surface area contributed by atoms with Gasteiger partial charge in [-0.05, 0) is 67.3 Å². The maximum Gasteiger partial charge on any atom is 0.264 e. The van der Waals surface area contributed by atoms with Gasteiger partial charge in [-0.1, -0.05) is 83.7 Å². The van der Waals surface area contributed by atoms with Gasteiger partial charge < -0.3 is 10.2 Å². The molecule has 0 aliphatic heterocycles. The van der Waals surface area contributed by atoms with E-state index in [1.165, 1.54) is 17.0 Å². The summed E-state index contributed by atoms with van der Waals surface area (Å²) in [5.41, 5.74) is 1.01. The predicted octanol–water partition coefficient (Wildman–Crippen LogP) is 6.16. The molecule has 1 aliphatic rings. The number of carbonyl (C=O) groups is 2. The van der Waals surface area contributed by atoms with E-state index < -0.39 is 28.5 Å². The van der Waals surface area contributed by atoms with Crippen LogP contribution in [0.2, 0.25) is 5.02 Å². The van der Waals surface area contributed by atoms with Crippen molar-refractivity contribution in [3.8, 4) is 0 Å². The number of nitrogens with one attached hydrogen (secondary N) is 1. The molecule has 3 aromatic carbocycles. The number of hydrogen-bond acceptors (Lipinski definition) is 4. The average Bonchev–Trinajstić information content (AvgIpc) is 3.46. The zero-order chi connectivity index (χ0) is 28.7. The monoisotopic (exact) mass is 645 g/mol. The Kier molecular flexibility index (Phi) is 10.3. The van der Waals surface area contributed by atoms with E-state index in [0.29, 0.717) is 22.7 Å². The highest BCUT2D eigenvalue weighted by Gasteiger charge is 2.34. The van der Waals surface area contributed by atoms with E-state index in [-0.39, 0.29) is 23.4 Å². The molecule has 0 radical (unpaired) electrons. The topological polar surface area (TPSA) is 86.8 Å². The van der Waals surface area contributed by atoms with E-state index in [2.05, 4.69) is 21.2 Å². The Labute approximate surface area is 249 Å². The Balaban J connectivity index is 1.71. The van der Waals surface area contributed by atoms with Crippen LogP contribution in [0.4, 0.5) is 5.69 Å². The Morgan fingerprint density at radius 1 is 0.975 bits per heavy atom. The van der Waals surface area contributed by atoms with E-state index in [4.69, 9.17) is 11.6 Å². The highest BCUT2D eigenvalue weighted by Crippen LogP contribution is 2.27. The number of rotatable bonds is 11. The number of halogens is 2. The van der Waals surface area contributed by atoms with Crippen molar-refractivity contribution in [3.63, 3.8) is 0 Å². The fourth-order valence-corrected chi connectivity index (χ4v) is 6.85. The lowest BCUT2D eigenvalue weighted by atomic mass is 10.1. The number of amides is 2. The zero-order valence-corrected chi connectivity index (χ0v) is 25.5. The molecule has 1 atom stereocenters. The summed E-state index contributed by atoms with van der Waals surface area (Å²) in [5, 5.41) is 3.58. The minimum atomic E-state index is -4.10. The molecular weight excluding hydrogens is 614 g/mol. The number of carbonyl (C=O) groups excluding carboxylic acids is 2. The highest BCUT2D eigenvalue weighted by molar-refractivity contribution is 9.10. The summed E-state index contributed by atoms with van der Waals surface area (Å²) in [7, 11) is -4.10. The summed E-state index contributed by atoms with van der Waals surface area (Å²) in [6.45, 7) is 1.42. The summed E-state index contributed by atoms with van der Waals surface area (Å²) < 4.78 is 29.5. The van der Waals surface area contributed by atoms with E-state index >= 15 is 0 Å². The minimum absolute atomic E-state index is 0.0641. The molecule has 1 fully saturated rings. The van der Waals surface area contributed by atoms with Crippen LogP contribution in [0.3, 0.4) is 0 Å². The van der Waals surface area contributed by atoms with Crippen LogP contribution in [-0.2, 0) is 26.2 Å². The van der Waals surface area contributed by atoms with Gasteiger partial charge in [0, 0.05) is 22.1 Å². The van der Waals surface area contributed by atoms with Gasteiger partial charge in [0.1, 0.15) is 12.6 Å². The van der Waals surface area contributed by atoms with Crippen molar-refractivity contribution in [1.82, 2.24) is 10.2 Å². The van der Waals surface area contributed by atoms with Crippen molar-refractivity contribution in [2.45, 2.75) is 62.6 Å². The number of anilines is 1. The maximum atomic E-state index is 14.1. The second-order valence-corrected chi connectivity index (χ2v) is 13.0. The molecule has 0 saturated heterocycles. The predicted molar refractivity (Wildman–Crippen MR) is 162 cm³/mol. The molecule has 3 aromatic rings. The standard InChI is InChI=1S/C30H33BrClN3O4S/c1-2-28(30(37)33-24-11-7-8-12-24)34(20-22-10-6-9-15-27(22)32)29(36)21-35(25-18-16-23(31)17-19-25)40(38,39)26-13-4-3-5-14-26/h3-6,9-10,13-19,24,28H,2,7-8,11-12,20-21H2,1H3,(H,33,37). The molecule has 10 heteroatoms. The summed E-state index contributed by atoms with van der Waals surface area (Å²) >= 11 is 9.85. The quantitative estimate of drug-likeness (QED) is 0.270. The second-order valence-electron chi connectivity index (χ2n) is 9.83. The van der Waals surface area contributed by atoms with Crippen molar-refractivity contribution in [1.29, 1.82) is 0 Å². The summed E-state index contributed by atoms with van der Waals surface area (Å²) in [6, 6.07) is 21.1. The average molecular weight is 647 g/mol. The third kappa shape index (κ3) is 7.25. The van der Waals surface area contributed by atoms with E-state index in [9.17, 15) is 18.0 Å². The summed E-state index contributed by atoms with van der Waals surface area (Å²) in [4.78, 5) is 29.1. The lowest BCUT2D eigenvalue weighted by molar-refractivity contribution is -0.140. The Morgan fingerprint density at radius 2 is 1.60 bits per heavy atom. The lowest BCUT2D eigenvalue weighted by Crippen LogP contribution is -2.53. The molecule has 2 amide bonds. The van der Waals surface area contributed by atoms with Crippen molar-refractivity contribution in [2.75, 3.05) is 10.8 Å². The van der Waals surface area contributed by atoms with Gasteiger partial charge in [-0.2, -0.15) is 0 Å². The first kappa shape index (κ1) is 30.1. The van der Waals surface area contributed by atoms with Crippen LogP contribution in [0.25, 0.3) is 0 Å². The Morgan fingerprint density at radius 3 is 2.23 bits per heavy atom. The molecule has 0 bridgehead atoms. The van der Waals surface area contributed by atoms with Crippen molar-refractivity contribution < 1.29 is 18.0 Å². The fourth-order valence-electron chi connectivity index (χ4n) is 4.95. The van der Waals surface area contributed by atoms with Crippen LogP contribution < -0.4 is 9.62 Å². The molecule has 4 rings (SSSR count). The van der Waals surface area contributed by atoms with E-state index in [0.717, 1.165) is 34.5 Å². The van der Waals surface area contributed by atoms with Gasteiger partial charge in [0.15, 0.2) is 0 Å². The molecule has 40 heavy (non-hydrogen) atoms. The van der Waals surface area contributed by atoms with Gasteiger partial charge >= 0.3 is 0 Å². The third-order valence-electron chi connectivity index (χ3n) is 7.11. The first-order valence-corrected chi connectivity index (χ1v) is 16.0. The molecule has 1 saturated carbocycles. The lowest BCUT2D eigenvalue weighted by Gasteiger charge is -2.34. The van der Waals surface area contributed by atoms with Crippen LogP contribution in [0, 0.1) is 0 Å². The van der Waals surface area contributed by atoms with Crippen molar-refractivity contribution in [2.24, 2.45) is 0 Å². The van der Waals surface area contributed by atoms with E-state index in [1.807, 2.05) is 13.0 Å². The molecule has 0 spiro atoms. The van der Waals surface area contributed by atoms with Crippen LogP contribution in [0.5, 0.6) is 0 Å². The first-order chi connectivity index (χ1) is 19.2. The Hall–Kier alpha value is -2.88. The van der Waals surface area contributed by atoms with Crippen LogP contribution in [-0.4, -0.2) is 43.8 Å². The molecule has 0 heterocycles. The molecule has 1 N–H and O–H groups in total. The number of hydrogen-bond donors (Lipinski definition) is 1. The molecule has 1 aliphatic carbocycles. The van der Waals surface area contributed by atoms with Gasteiger partial charge in [0.2, 0.25) is 11.8 Å². The highest BCUT2D eigenvalue weighted by atomic mass is 79.9. The largest absolute Gasteiger partial charge is 0.352 e. The van der Waals surface area contributed by atoms with Gasteiger partial charge in [-0.3, -0.25) is 13.9 Å². The molecular formula is C30H33BrClN3O4S. The number of nitrogens with zero attached hydrogens (tertiary/aromatic N) is 2. The summed E-state index contributed by atoms with van der Waals surface area (Å²) in [6.07, 6.45) is 4.30. The number of sulfonamides is 1. The molecule has 212 valence electrons. The SMILES string of the molecule is CCC(C(=O)NC1CCCC1)N(Cc1ccccc1Cl)C(=O)CN(c1ccc(Br)cc1)S(=O)(=O)c1ccccc1. The van der Waals surface area contributed by atoms with Gasteiger partial charge in [0.25, 0.3) is 10.0 Å². The van der Waals surface area contributed by atoms with Gasteiger partial charge in [0.05, 0.1) is 10.6 Å². The van der Waals surface area contributed by atoms with Crippen LogP contribution in [0.15, 0.2) is 88.2 Å². The minimum Gasteiger partial charge on any atom is -0.352 e. The van der Waals surface area contributed by atoms with Gasteiger partial charge in [-0.15, -0.1) is 0 Å². The van der Waals surface area contributed by atoms with Crippen LogP contribution in [0.1, 0.15) is 44.6 Å². The zero-order valence-electron chi connectivity index (χ0n) is 22.3.